The van der Waals surface area contributed by atoms with Gasteiger partial charge in [0.15, 0.2) is 4.91 Å². The second-order valence-electron chi connectivity index (χ2n) is 4.38. The minimum Gasteiger partial charge on any atom is -0.360 e. The number of anilines is 1. The van der Waals surface area contributed by atoms with Crippen LogP contribution in [0.4, 0.5) is 14.5 Å². The summed E-state index contributed by atoms with van der Waals surface area (Å²) in [6.07, 6.45) is 0.873. The van der Waals surface area contributed by atoms with E-state index in [-0.39, 0.29) is 10.6 Å². The third-order valence-electron chi connectivity index (χ3n) is 2.76. The number of hydrogen-bond acceptors (Lipinski definition) is 4. The van der Waals surface area contributed by atoms with Gasteiger partial charge in [-0.15, -0.1) is 0 Å². The minimum atomic E-state index is -4.07. The second kappa shape index (κ2) is 6.77. The van der Waals surface area contributed by atoms with Gasteiger partial charge < -0.3 is 5.32 Å². The zero-order valence-corrected chi connectivity index (χ0v) is 13.0. The fraction of sp³-hybridized carbons (Fsp3) is 0. The van der Waals surface area contributed by atoms with Gasteiger partial charge in [0.25, 0.3) is 0 Å². The van der Waals surface area contributed by atoms with E-state index in [4.69, 9.17) is 16.9 Å². The smallest absolute Gasteiger partial charge is 0.218 e. The van der Waals surface area contributed by atoms with Crippen molar-refractivity contribution in [3.8, 4) is 6.07 Å². The Bertz CT molecular complexity index is 884. The number of nitriles is 1. The van der Waals surface area contributed by atoms with Gasteiger partial charge in [0.1, 0.15) is 17.7 Å². The van der Waals surface area contributed by atoms with Gasteiger partial charge in [0.05, 0.1) is 4.90 Å². The molecule has 0 aliphatic heterocycles. The maximum Gasteiger partial charge on any atom is 0.218 e. The third-order valence-corrected chi connectivity index (χ3v) is 4.69. The summed E-state index contributed by atoms with van der Waals surface area (Å²) >= 11 is 5.69. The van der Waals surface area contributed by atoms with Crippen LogP contribution in [0.15, 0.2) is 58.5 Å². The molecule has 0 fully saturated rings. The molecule has 0 bridgehead atoms. The van der Waals surface area contributed by atoms with E-state index >= 15 is 0 Å². The molecule has 118 valence electrons. The molecule has 0 aliphatic carbocycles. The Morgan fingerprint density at radius 3 is 2.22 bits per heavy atom. The van der Waals surface area contributed by atoms with E-state index in [1.165, 1.54) is 24.3 Å². The SMILES string of the molecule is N#CC(=CNc1cc(F)cc(F)c1)S(=O)(=O)c1ccc(Cl)cc1. The van der Waals surface area contributed by atoms with Crippen LogP contribution >= 0.6 is 11.6 Å². The molecule has 0 unspecified atom stereocenters. The first-order valence-corrected chi connectivity index (χ1v) is 8.02. The molecule has 2 rings (SSSR count). The maximum atomic E-state index is 13.1. The zero-order chi connectivity index (χ0) is 17.0. The molecule has 0 amide bonds. The molecule has 1 N–H and O–H groups in total. The number of nitrogens with zero attached hydrogens (tertiary/aromatic N) is 1. The van der Waals surface area contributed by atoms with Gasteiger partial charge in [0.2, 0.25) is 9.84 Å². The molecular weight excluding hydrogens is 346 g/mol. The highest BCUT2D eigenvalue weighted by Crippen LogP contribution is 2.21. The van der Waals surface area contributed by atoms with Crippen LogP contribution in [0.25, 0.3) is 0 Å². The summed E-state index contributed by atoms with van der Waals surface area (Å²) in [5, 5.41) is 11.8. The maximum absolute atomic E-state index is 13.1. The molecule has 2 aromatic rings. The van der Waals surface area contributed by atoms with Crippen LogP contribution in [0.3, 0.4) is 0 Å². The van der Waals surface area contributed by atoms with Gasteiger partial charge >= 0.3 is 0 Å². The zero-order valence-electron chi connectivity index (χ0n) is 11.4. The van der Waals surface area contributed by atoms with E-state index in [2.05, 4.69) is 5.32 Å². The summed E-state index contributed by atoms with van der Waals surface area (Å²) < 4.78 is 50.8. The van der Waals surface area contributed by atoms with Crippen LogP contribution in [0, 0.1) is 23.0 Å². The molecule has 0 spiro atoms. The summed E-state index contributed by atoms with van der Waals surface area (Å²) in [4.78, 5) is -0.730. The summed E-state index contributed by atoms with van der Waals surface area (Å²) in [6.45, 7) is 0. The van der Waals surface area contributed by atoms with E-state index in [0.29, 0.717) is 11.1 Å². The van der Waals surface area contributed by atoms with Crippen molar-refractivity contribution in [3.05, 3.63) is 70.2 Å². The van der Waals surface area contributed by atoms with Gasteiger partial charge in [-0.3, -0.25) is 0 Å². The van der Waals surface area contributed by atoms with Gasteiger partial charge in [0, 0.05) is 23.0 Å². The van der Waals surface area contributed by atoms with Crippen molar-refractivity contribution >= 4 is 27.1 Å². The van der Waals surface area contributed by atoms with Crippen LogP contribution in [0.5, 0.6) is 0 Å². The molecule has 0 aliphatic rings. The molecule has 0 heterocycles. The summed E-state index contributed by atoms with van der Waals surface area (Å²) in [5.74, 6) is -1.67. The predicted octanol–water partition coefficient (Wildman–Crippen LogP) is 3.87. The number of benzene rings is 2. The molecule has 2 aromatic carbocycles. The predicted molar refractivity (Wildman–Crippen MR) is 82.3 cm³/mol. The van der Waals surface area contributed by atoms with Gasteiger partial charge in [-0.1, -0.05) is 11.6 Å². The van der Waals surface area contributed by atoms with E-state index < -0.39 is 26.4 Å². The van der Waals surface area contributed by atoms with Crippen molar-refractivity contribution < 1.29 is 17.2 Å². The van der Waals surface area contributed by atoms with Gasteiger partial charge in [-0.25, -0.2) is 17.2 Å². The Morgan fingerprint density at radius 1 is 1.13 bits per heavy atom. The lowest BCUT2D eigenvalue weighted by atomic mass is 10.3. The highest BCUT2D eigenvalue weighted by atomic mass is 35.5. The number of halogens is 3. The van der Waals surface area contributed by atoms with Gasteiger partial charge in [-0.05, 0) is 36.4 Å². The lowest BCUT2D eigenvalue weighted by Crippen LogP contribution is -2.05. The fourth-order valence-electron chi connectivity index (χ4n) is 1.70. The monoisotopic (exact) mass is 354 g/mol. The fourth-order valence-corrected chi connectivity index (χ4v) is 2.91. The van der Waals surface area contributed by atoms with Crippen molar-refractivity contribution in [3.63, 3.8) is 0 Å². The molecule has 0 radical (unpaired) electrons. The van der Waals surface area contributed by atoms with Crippen LogP contribution in [0.1, 0.15) is 0 Å². The van der Waals surface area contributed by atoms with Gasteiger partial charge in [-0.2, -0.15) is 5.26 Å². The average Bonchev–Trinajstić information content (AvgIpc) is 2.47. The molecular formula is C15H9ClF2N2O2S. The van der Waals surface area contributed by atoms with Crippen LogP contribution < -0.4 is 5.32 Å². The molecule has 0 saturated heterocycles. The Hall–Kier alpha value is -2.43. The van der Waals surface area contributed by atoms with Crippen molar-refractivity contribution in [2.24, 2.45) is 0 Å². The van der Waals surface area contributed by atoms with Crippen LogP contribution in [-0.4, -0.2) is 8.42 Å². The number of sulfone groups is 1. The number of rotatable bonds is 4. The Labute approximate surface area is 136 Å². The van der Waals surface area contributed by atoms with E-state index in [9.17, 15) is 17.2 Å². The standard InChI is InChI=1S/C15H9ClF2N2O2S/c16-10-1-3-14(4-2-10)23(21,22)15(8-19)9-20-13-6-11(17)5-12(18)7-13/h1-7,9,20H. The number of allylic oxidation sites excluding steroid dienone is 1. The number of nitrogens with one attached hydrogen (secondary N) is 1. The minimum absolute atomic E-state index is 0.0263. The van der Waals surface area contributed by atoms with Crippen molar-refractivity contribution in [2.45, 2.75) is 4.90 Å². The molecule has 0 saturated carbocycles. The first-order valence-electron chi connectivity index (χ1n) is 6.16. The Kier molecular flexibility index (Phi) is 4.98. The van der Waals surface area contributed by atoms with E-state index in [1.807, 2.05) is 0 Å². The topological polar surface area (TPSA) is 70.0 Å². The van der Waals surface area contributed by atoms with Crippen molar-refractivity contribution in [1.29, 1.82) is 5.26 Å². The molecule has 8 heteroatoms. The molecule has 0 aromatic heterocycles. The highest BCUT2D eigenvalue weighted by molar-refractivity contribution is 7.95. The lowest BCUT2D eigenvalue weighted by Gasteiger charge is -2.05. The van der Waals surface area contributed by atoms with Crippen LogP contribution in [0.2, 0.25) is 5.02 Å². The van der Waals surface area contributed by atoms with E-state index in [0.717, 1.165) is 18.3 Å². The summed E-state index contributed by atoms with van der Waals surface area (Å²) in [6, 6.07) is 9.40. The first kappa shape index (κ1) is 16.9. The molecule has 23 heavy (non-hydrogen) atoms. The molecule has 0 atom stereocenters. The lowest BCUT2D eigenvalue weighted by molar-refractivity contribution is 0.584. The highest BCUT2D eigenvalue weighted by Gasteiger charge is 2.20. The third kappa shape index (κ3) is 4.06. The number of hydrogen-bond donors (Lipinski definition) is 1. The second-order valence-corrected chi connectivity index (χ2v) is 6.73. The largest absolute Gasteiger partial charge is 0.360 e. The Morgan fingerprint density at radius 2 is 1.70 bits per heavy atom. The Balaban J connectivity index is 2.35. The van der Waals surface area contributed by atoms with Crippen molar-refractivity contribution in [2.75, 3.05) is 5.32 Å². The normalized spacial score (nSPS) is 11.8. The van der Waals surface area contributed by atoms with Crippen LogP contribution in [-0.2, 0) is 9.84 Å². The average molecular weight is 355 g/mol. The van der Waals surface area contributed by atoms with Crippen molar-refractivity contribution in [1.82, 2.24) is 0 Å². The first-order chi connectivity index (χ1) is 10.8. The quantitative estimate of drug-likeness (QED) is 0.846. The van der Waals surface area contributed by atoms with E-state index in [1.54, 1.807) is 6.07 Å². The summed E-state index contributed by atoms with van der Waals surface area (Å²) in [5.41, 5.74) is -0.0263. The molecule has 4 nitrogen and oxygen atoms in total. The summed E-state index contributed by atoms with van der Waals surface area (Å²) in [7, 11) is -4.07.